The van der Waals surface area contributed by atoms with E-state index in [0.717, 1.165) is 24.9 Å². The molecule has 0 unspecified atom stereocenters. The van der Waals surface area contributed by atoms with Gasteiger partial charge in [-0.3, -0.25) is 9.59 Å². The first-order chi connectivity index (χ1) is 12.6. The number of carbonyl (C=O) groups excluding carboxylic acids is 2. The van der Waals surface area contributed by atoms with Crippen molar-refractivity contribution in [2.45, 2.75) is 19.3 Å². The van der Waals surface area contributed by atoms with Crippen LogP contribution in [0.1, 0.15) is 24.8 Å². The van der Waals surface area contributed by atoms with E-state index in [1.165, 1.54) is 6.08 Å². The molecule has 2 rings (SSSR count). The lowest BCUT2D eigenvalue weighted by Crippen LogP contribution is -2.29. The van der Waals surface area contributed by atoms with Gasteiger partial charge in [0, 0.05) is 32.1 Å². The molecule has 2 amide bonds. The van der Waals surface area contributed by atoms with Gasteiger partial charge in [-0.05, 0) is 36.6 Å². The van der Waals surface area contributed by atoms with Crippen molar-refractivity contribution in [3.8, 4) is 11.5 Å². The Morgan fingerprint density at radius 1 is 1.38 bits per heavy atom. The van der Waals surface area contributed by atoms with E-state index in [0.29, 0.717) is 37.6 Å². The molecule has 6 nitrogen and oxygen atoms in total. The van der Waals surface area contributed by atoms with Gasteiger partial charge in [0.15, 0.2) is 11.5 Å². The SMILES string of the molecule is C=CCOc1ccc(/C=C/C(=O)NCCCN2CCCC2=O)cc1OC. The van der Waals surface area contributed by atoms with Gasteiger partial charge in [0.2, 0.25) is 11.8 Å². The minimum Gasteiger partial charge on any atom is -0.493 e. The van der Waals surface area contributed by atoms with E-state index in [4.69, 9.17) is 9.47 Å². The van der Waals surface area contributed by atoms with Crippen molar-refractivity contribution in [1.82, 2.24) is 10.2 Å². The van der Waals surface area contributed by atoms with E-state index in [-0.39, 0.29) is 11.8 Å². The molecule has 0 bridgehead atoms. The monoisotopic (exact) mass is 358 g/mol. The maximum absolute atomic E-state index is 11.9. The van der Waals surface area contributed by atoms with Gasteiger partial charge in [-0.15, -0.1) is 0 Å². The second-order valence-corrected chi connectivity index (χ2v) is 5.97. The summed E-state index contributed by atoms with van der Waals surface area (Å²) >= 11 is 0. The molecule has 0 spiro atoms. The number of nitrogens with one attached hydrogen (secondary N) is 1. The van der Waals surface area contributed by atoms with Crippen molar-refractivity contribution in [2.24, 2.45) is 0 Å². The molecule has 1 saturated heterocycles. The Labute approximate surface area is 154 Å². The summed E-state index contributed by atoms with van der Waals surface area (Å²) in [5.74, 6) is 1.28. The number of hydrogen-bond acceptors (Lipinski definition) is 4. The summed E-state index contributed by atoms with van der Waals surface area (Å²) in [7, 11) is 1.57. The van der Waals surface area contributed by atoms with Crippen LogP contribution in [0.25, 0.3) is 6.08 Å². The van der Waals surface area contributed by atoms with E-state index < -0.39 is 0 Å². The number of likely N-dealkylation sites (tertiary alicyclic amines) is 1. The lowest BCUT2D eigenvalue weighted by molar-refractivity contribution is -0.127. The van der Waals surface area contributed by atoms with Crippen LogP contribution in [-0.4, -0.2) is 50.1 Å². The fourth-order valence-corrected chi connectivity index (χ4v) is 2.71. The van der Waals surface area contributed by atoms with Crippen LogP contribution in [-0.2, 0) is 9.59 Å². The average Bonchev–Trinajstić information content (AvgIpc) is 3.07. The van der Waals surface area contributed by atoms with Crippen molar-refractivity contribution in [2.75, 3.05) is 33.4 Å². The Kier molecular flexibility index (Phi) is 7.74. The molecule has 0 aliphatic carbocycles. The van der Waals surface area contributed by atoms with E-state index in [1.54, 1.807) is 31.4 Å². The third-order valence-electron chi connectivity index (χ3n) is 4.05. The van der Waals surface area contributed by atoms with Gasteiger partial charge in [-0.1, -0.05) is 18.7 Å². The Balaban J connectivity index is 1.77. The Morgan fingerprint density at radius 3 is 2.92 bits per heavy atom. The molecular formula is C20H26N2O4. The molecule has 26 heavy (non-hydrogen) atoms. The fourth-order valence-electron chi connectivity index (χ4n) is 2.71. The zero-order valence-electron chi connectivity index (χ0n) is 15.2. The predicted octanol–water partition coefficient (Wildman–Crippen LogP) is 2.40. The maximum Gasteiger partial charge on any atom is 0.244 e. The molecular weight excluding hydrogens is 332 g/mol. The van der Waals surface area contributed by atoms with Crippen molar-refractivity contribution in [3.63, 3.8) is 0 Å². The summed E-state index contributed by atoms with van der Waals surface area (Å²) in [5.41, 5.74) is 0.839. The molecule has 0 radical (unpaired) electrons. The molecule has 0 saturated carbocycles. The van der Waals surface area contributed by atoms with Gasteiger partial charge in [0.1, 0.15) is 6.61 Å². The third kappa shape index (κ3) is 5.95. The Hall–Kier alpha value is -2.76. The molecule has 1 N–H and O–H groups in total. The van der Waals surface area contributed by atoms with Gasteiger partial charge >= 0.3 is 0 Å². The summed E-state index contributed by atoms with van der Waals surface area (Å²) < 4.78 is 10.8. The highest BCUT2D eigenvalue weighted by atomic mass is 16.5. The summed E-state index contributed by atoms with van der Waals surface area (Å²) in [6.45, 7) is 6.09. The van der Waals surface area contributed by atoms with E-state index in [9.17, 15) is 9.59 Å². The number of methoxy groups -OCH3 is 1. The van der Waals surface area contributed by atoms with Gasteiger partial charge in [-0.25, -0.2) is 0 Å². The van der Waals surface area contributed by atoms with Crippen LogP contribution in [0.4, 0.5) is 0 Å². The van der Waals surface area contributed by atoms with Gasteiger partial charge in [0.25, 0.3) is 0 Å². The summed E-state index contributed by atoms with van der Waals surface area (Å²) in [4.78, 5) is 25.2. The minimum atomic E-state index is -0.163. The average molecular weight is 358 g/mol. The molecule has 1 aromatic carbocycles. The summed E-state index contributed by atoms with van der Waals surface area (Å²) in [5, 5.41) is 2.83. The van der Waals surface area contributed by atoms with Crippen LogP contribution in [0.2, 0.25) is 0 Å². The highest BCUT2D eigenvalue weighted by molar-refractivity contribution is 5.91. The van der Waals surface area contributed by atoms with Crippen LogP contribution in [0.5, 0.6) is 11.5 Å². The number of nitrogens with zero attached hydrogens (tertiary/aromatic N) is 1. The Bertz CT molecular complexity index is 670. The quantitative estimate of drug-likeness (QED) is 0.396. The molecule has 0 atom stereocenters. The van der Waals surface area contributed by atoms with Crippen molar-refractivity contribution in [3.05, 3.63) is 42.5 Å². The van der Waals surface area contributed by atoms with Gasteiger partial charge < -0.3 is 19.7 Å². The van der Waals surface area contributed by atoms with Crippen molar-refractivity contribution < 1.29 is 19.1 Å². The molecule has 1 fully saturated rings. The number of amides is 2. The second-order valence-electron chi connectivity index (χ2n) is 5.97. The largest absolute Gasteiger partial charge is 0.493 e. The Morgan fingerprint density at radius 2 is 2.23 bits per heavy atom. The first-order valence-corrected chi connectivity index (χ1v) is 8.79. The smallest absolute Gasteiger partial charge is 0.244 e. The van der Waals surface area contributed by atoms with E-state index in [1.807, 2.05) is 11.0 Å². The van der Waals surface area contributed by atoms with E-state index >= 15 is 0 Å². The summed E-state index contributed by atoms with van der Waals surface area (Å²) in [6.07, 6.45) is 7.22. The molecule has 1 aliphatic rings. The number of ether oxygens (including phenoxy) is 2. The molecule has 1 heterocycles. The maximum atomic E-state index is 11.9. The summed E-state index contributed by atoms with van der Waals surface area (Å²) in [6, 6.07) is 5.46. The first kappa shape index (κ1) is 19.6. The lowest BCUT2D eigenvalue weighted by atomic mass is 10.2. The number of benzene rings is 1. The van der Waals surface area contributed by atoms with Gasteiger partial charge in [-0.2, -0.15) is 0 Å². The highest BCUT2D eigenvalue weighted by Gasteiger charge is 2.18. The number of hydrogen-bond donors (Lipinski definition) is 1. The van der Waals surface area contributed by atoms with Gasteiger partial charge in [0.05, 0.1) is 7.11 Å². The lowest BCUT2D eigenvalue weighted by Gasteiger charge is -2.14. The minimum absolute atomic E-state index is 0.163. The van der Waals surface area contributed by atoms with E-state index in [2.05, 4.69) is 11.9 Å². The molecule has 0 aromatic heterocycles. The van der Waals surface area contributed by atoms with Crippen LogP contribution in [0, 0.1) is 0 Å². The molecule has 1 aromatic rings. The molecule has 6 heteroatoms. The van der Waals surface area contributed by atoms with Crippen molar-refractivity contribution in [1.29, 1.82) is 0 Å². The fraction of sp³-hybridized carbons (Fsp3) is 0.400. The molecule has 1 aliphatic heterocycles. The van der Waals surface area contributed by atoms with Crippen LogP contribution in [0.15, 0.2) is 36.9 Å². The standard InChI is InChI=1S/C20H26N2O4/c1-3-14-26-17-9-7-16(15-18(17)25-2)8-10-19(23)21-11-5-13-22-12-4-6-20(22)24/h3,7-10,15H,1,4-6,11-14H2,2H3,(H,21,23)/b10-8+. The number of rotatable bonds is 10. The van der Waals surface area contributed by atoms with Crippen molar-refractivity contribution >= 4 is 17.9 Å². The normalized spacial score (nSPS) is 13.9. The molecule has 140 valence electrons. The zero-order valence-corrected chi connectivity index (χ0v) is 15.2. The van der Waals surface area contributed by atoms with Crippen LogP contribution < -0.4 is 14.8 Å². The highest BCUT2D eigenvalue weighted by Crippen LogP contribution is 2.28. The first-order valence-electron chi connectivity index (χ1n) is 8.79. The second kappa shape index (κ2) is 10.3. The predicted molar refractivity (Wildman–Crippen MR) is 101 cm³/mol. The third-order valence-corrected chi connectivity index (χ3v) is 4.05. The topological polar surface area (TPSA) is 67.9 Å². The van der Waals surface area contributed by atoms with Crippen LogP contribution in [0.3, 0.4) is 0 Å². The van der Waals surface area contributed by atoms with Crippen LogP contribution >= 0.6 is 0 Å². The zero-order chi connectivity index (χ0) is 18.8. The number of carbonyl (C=O) groups is 2.